The number of hydrogen-bond donors (Lipinski definition) is 1. The number of esters is 2. The third-order valence-electron chi connectivity index (χ3n) is 1.56. The monoisotopic (exact) mass is 163 g/mol. The van der Waals surface area contributed by atoms with Crippen LogP contribution < -0.4 is 0 Å². The molecule has 60 valence electrons. The summed E-state index contributed by atoms with van der Waals surface area (Å²) in [6.45, 7) is 0. The van der Waals surface area contributed by atoms with Crippen molar-refractivity contribution in [1.82, 2.24) is 4.98 Å². The number of aromatic amines is 1. The predicted molar refractivity (Wildman–Crippen MR) is 39.9 cm³/mol. The van der Waals surface area contributed by atoms with Crippen molar-refractivity contribution in [3.05, 3.63) is 30.1 Å². The number of H-pyrrole nitrogens is 1. The fourth-order valence-electron chi connectivity index (χ4n) is 1.04. The molecule has 2 heterocycles. The van der Waals surface area contributed by atoms with Gasteiger partial charge < -0.3 is 9.72 Å². The lowest BCUT2D eigenvalue weighted by atomic mass is 10.2. The summed E-state index contributed by atoms with van der Waals surface area (Å²) in [6, 6.07) is 3.44. The van der Waals surface area contributed by atoms with E-state index >= 15 is 0 Å². The molecule has 12 heavy (non-hydrogen) atoms. The molecule has 0 bridgehead atoms. The minimum Gasteiger partial charge on any atom is -0.386 e. The fourth-order valence-corrected chi connectivity index (χ4v) is 1.04. The lowest BCUT2D eigenvalue weighted by Gasteiger charge is -1.92. The highest BCUT2D eigenvalue weighted by atomic mass is 16.6. The van der Waals surface area contributed by atoms with E-state index in [9.17, 15) is 9.59 Å². The molecule has 2 rings (SSSR count). The third-order valence-corrected chi connectivity index (χ3v) is 1.56. The fraction of sp³-hybridized carbons (Fsp3) is 0. The first kappa shape index (κ1) is 6.84. The van der Waals surface area contributed by atoms with Gasteiger partial charge in [-0.05, 0) is 12.1 Å². The molecule has 0 fully saturated rings. The van der Waals surface area contributed by atoms with Crippen molar-refractivity contribution < 1.29 is 14.3 Å². The highest BCUT2D eigenvalue weighted by molar-refractivity contribution is 6.27. The zero-order valence-electron chi connectivity index (χ0n) is 6.03. The van der Waals surface area contributed by atoms with Crippen molar-refractivity contribution in [2.45, 2.75) is 0 Å². The Bertz CT molecular complexity index is 362. The molecule has 1 N–H and O–H groups in total. The first-order valence-corrected chi connectivity index (χ1v) is 3.39. The molecule has 1 aliphatic heterocycles. The van der Waals surface area contributed by atoms with E-state index in [1.54, 1.807) is 18.3 Å². The van der Waals surface area contributed by atoms with Gasteiger partial charge in [0.1, 0.15) is 0 Å². The number of rotatable bonds is 1. The molecule has 1 aromatic rings. The van der Waals surface area contributed by atoms with Crippen LogP contribution in [0.4, 0.5) is 0 Å². The van der Waals surface area contributed by atoms with Crippen LogP contribution in [0.5, 0.6) is 0 Å². The summed E-state index contributed by atoms with van der Waals surface area (Å²) in [5.41, 5.74) is 0.885. The van der Waals surface area contributed by atoms with Crippen LogP contribution in [0.3, 0.4) is 0 Å². The molecule has 0 aliphatic carbocycles. The molecule has 0 atom stereocenters. The number of carbonyl (C=O) groups is 2. The quantitative estimate of drug-likeness (QED) is 0.484. The standard InChI is InChI=1S/C8H5NO3/c10-7-4-5(8(11)12-7)6-2-1-3-9-6/h1-4,9H. The summed E-state index contributed by atoms with van der Waals surface area (Å²) >= 11 is 0. The van der Waals surface area contributed by atoms with Gasteiger partial charge in [0.25, 0.3) is 0 Å². The molecule has 0 saturated carbocycles. The van der Waals surface area contributed by atoms with Gasteiger partial charge in [-0.2, -0.15) is 0 Å². The van der Waals surface area contributed by atoms with E-state index in [0.29, 0.717) is 5.69 Å². The van der Waals surface area contributed by atoms with Crippen molar-refractivity contribution in [3.63, 3.8) is 0 Å². The van der Waals surface area contributed by atoms with Crippen molar-refractivity contribution in [2.75, 3.05) is 0 Å². The molecular weight excluding hydrogens is 158 g/mol. The van der Waals surface area contributed by atoms with E-state index in [1.807, 2.05) is 0 Å². The molecular formula is C8H5NO3. The van der Waals surface area contributed by atoms with E-state index in [2.05, 4.69) is 9.72 Å². The topological polar surface area (TPSA) is 59.2 Å². The number of nitrogens with one attached hydrogen (secondary N) is 1. The number of aromatic nitrogens is 1. The minimum atomic E-state index is -0.607. The maximum atomic E-state index is 11.0. The maximum Gasteiger partial charge on any atom is 0.348 e. The highest BCUT2D eigenvalue weighted by Crippen LogP contribution is 2.18. The van der Waals surface area contributed by atoms with E-state index in [0.717, 1.165) is 0 Å². The summed E-state index contributed by atoms with van der Waals surface area (Å²) in [7, 11) is 0. The Morgan fingerprint density at radius 1 is 1.33 bits per heavy atom. The van der Waals surface area contributed by atoms with Crippen LogP contribution in [0, 0.1) is 0 Å². The van der Waals surface area contributed by atoms with Crippen molar-refractivity contribution in [3.8, 4) is 0 Å². The van der Waals surface area contributed by atoms with Gasteiger partial charge in [-0.25, -0.2) is 9.59 Å². The normalized spacial score (nSPS) is 16.2. The van der Waals surface area contributed by atoms with Crippen LogP contribution >= 0.6 is 0 Å². The third kappa shape index (κ3) is 0.934. The molecule has 4 nitrogen and oxygen atoms in total. The van der Waals surface area contributed by atoms with Crippen molar-refractivity contribution >= 4 is 17.5 Å². The second-order valence-corrected chi connectivity index (χ2v) is 2.35. The lowest BCUT2D eigenvalue weighted by Crippen LogP contribution is -2.01. The summed E-state index contributed by atoms with van der Waals surface area (Å²) in [6.07, 6.45) is 2.85. The van der Waals surface area contributed by atoms with Gasteiger partial charge in [0.2, 0.25) is 0 Å². The molecule has 0 saturated heterocycles. The second kappa shape index (κ2) is 2.34. The lowest BCUT2D eigenvalue weighted by molar-refractivity contribution is -0.149. The second-order valence-electron chi connectivity index (χ2n) is 2.35. The molecule has 0 unspecified atom stereocenters. The van der Waals surface area contributed by atoms with E-state index in [-0.39, 0.29) is 5.57 Å². The Kier molecular flexibility index (Phi) is 1.33. The van der Waals surface area contributed by atoms with Crippen molar-refractivity contribution in [1.29, 1.82) is 0 Å². The first-order valence-electron chi connectivity index (χ1n) is 3.39. The van der Waals surface area contributed by atoms with Crippen LogP contribution in [-0.2, 0) is 14.3 Å². The number of hydrogen-bond acceptors (Lipinski definition) is 3. The minimum absolute atomic E-state index is 0.282. The van der Waals surface area contributed by atoms with Gasteiger partial charge in [0, 0.05) is 12.3 Å². The SMILES string of the molecule is O=C1C=C(c2ccc[nH]2)C(=O)O1. The Hall–Kier alpha value is -1.84. The van der Waals surface area contributed by atoms with Crippen molar-refractivity contribution in [2.24, 2.45) is 0 Å². The van der Waals surface area contributed by atoms with Crippen LogP contribution in [-0.4, -0.2) is 16.9 Å². The van der Waals surface area contributed by atoms with E-state index < -0.39 is 11.9 Å². The molecule has 0 radical (unpaired) electrons. The number of carbonyl (C=O) groups excluding carboxylic acids is 2. The smallest absolute Gasteiger partial charge is 0.348 e. The number of cyclic esters (lactones) is 2. The highest BCUT2D eigenvalue weighted by Gasteiger charge is 2.25. The Balaban J connectivity index is 2.43. The van der Waals surface area contributed by atoms with Gasteiger partial charge in [0.15, 0.2) is 0 Å². The van der Waals surface area contributed by atoms with E-state index in [4.69, 9.17) is 0 Å². The zero-order chi connectivity index (χ0) is 8.55. The number of ether oxygens (including phenoxy) is 1. The zero-order valence-corrected chi connectivity index (χ0v) is 6.03. The largest absolute Gasteiger partial charge is 0.386 e. The maximum absolute atomic E-state index is 11.0. The summed E-state index contributed by atoms with van der Waals surface area (Å²) in [4.78, 5) is 24.4. The molecule has 1 aliphatic rings. The Labute approximate surface area is 67.8 Å². The van der Waals surface area contributed by atoms with Gasteiger partial charge in [0.05, 0.1) is 11.3 Å². The van der Waals surface area contributed by atoms with Crippen LogP contribution in [0.1, 0.15) is 5.69 Å². The predicted octanol–water partition coefficient (Wildman–Crippen LogP) is 0.481. The average Bonchev–Trinajstić information content (AvgIpc) is 2.58. The van der Waals surface area contributed by atoms with Crippen LogP contribution in [0.2, 0.25) is 0 Å². The van der Waals surface area contributed by atoms with Crippen LogP contribution in [0.25, 0.3) is 5.57 Å². The van der Waals surface area contributed by atoms with Gasteiger partial charge in [-0.3, -0.25) is 0 Å². The summed E-state index contributed by atoms with van der Waals surface area (Å²) in [5, 5.41) is 0. The molecule has 1 aromatic heterocycles. The Morgan fingerprint density at radius 3 is 2.67 bits per heavy atom. The Morgan fingerprint density at radius 2 is 2.17 bits per heavy atom. The van der Waals surface area contributed by atoms with Gasteiger partial charge in [-0.1, -0.05) is 0 Å². The summed E-state index contributed by atoms with van der Waals surface area (Å²) in [5.74, 6) is -1.20. The summed E-state index contributed by atoms with van der Waals surface area (Å²) < 4.78 is 4.31. The van der Waals surface area contributed by atoms with Crippen LogP contribution in [0.15, 0.2) is 24.4 Å². The van der Waals surface area contributed by atoms with Gasteiger partial charge >= 0.3 is 11.9 Å². The molecule has 0 aromatic carbocycles. The molecule has 0 spiro atoms. The average molecular weight is 163 g/mol. The van der Waals surface area contributed by atoms with Gasteiger partial charge in [-0.15, -0.1) is 0 Å². The van der Waals surface area contributed by atoms with E-state index in [1.165, 1.54) is 6.08 Å². The molecule has 0 amide bonds. The molecule has 4 heteroatoms. The first-order chi connectivity index (χ1) is 5.77.